The van der Waals surface area contributed by atoms with Gasteiger partial charge in [0.2, 0.25) is 0 Å². The van der Waals surface area contributed by atoms with Gasteiger partial charge in [-0.3, -0.25) is 0 Å². The Morgan fingerprint density at radius 2 is 1.27 bits per heavy atom. The molecular weight excluding hydrogens is 220 g/mol. The summed E-state index contributed by atoms with van der Waals surface area (Å²) in [5.41, 5.74) is 0. The Bertz CT molecular complexity index is 357. The monoisotopic (exact) mass is 234 g/mol. The second kappa shape index (κ2) is 7.43. The largest absolute Gasteiger partial charge is 0.143 e. The average Bonchev–Trinajstić information content (AvgIpc) is 2.32. The van der Waals surface area contributed by atoms with E-state index in [1.54, 1.807) is 11.8 Å². The fraction of sp³-hybridized carbons (Fsp3) is 0.0769. The van der Waals surface area contributed by atoms with Gasteiger partial charge < -0.3 is 0 Å². The summed E-state index contributed by atoms with van der Waals surface area (Å²) in [5, 5.41) is 0. The summed E-state index contributed by atoms with van der Waals surface area (Å²) >= 11 is 5.85. The van der Waals surface area contributed by atoms with Gasteiger partial charge in [-0.2, -0.15) is 0 Å². The van der Waals surface area contributed by atoms with Gasteiger partial charge in [-0.15, -0.1) is 24.4 Å². The molecule has 0 aliphatic rings. The number of thioether (sulfide) groups is 1. The zero-order valence-corrected chi connectivity index (χ0v) is 10.3. The smallest absolute Gasteiger partial charge is 0.00691 e. The second-order valence-corrected chi connectivity index (χ2v) is 4.25. The minimum absolute atomic E-state index is 1.02. The van der Waals surface area contributed by atoms with E-state index in [1.165, 1.54) is 4.90 Å². The van der Waals surface area contributed by atoms with Gasteiger partial charge >= 0.3 is 0 Å². The van der Waals surface area contributed by atoms with Gasteiger partial charge in [0.25, 0.3) is 0 Å². The summed E-state index contributed by atoms with van der Waals surface area (Å²) in [6, 6.07) is 20.1. The van der Waals surface area contributed by atoms with Gasteiger partial charge in [0.05, 0.1) is 0 Å². The molecule has 0 aliphatic heterocycles. The van der Waals surface area contributed by atoms with E-state index in [1.807, 2.05) is 48.5 Å². The minimum atomic E-state index is 1.02. The molecule has 0 bridgehead atoms. The van der Waals surface area contributed by atoms with Crippen LogP contribution in [-0.4, -0.2) is 6.26 Å². The van der Waals surface area contributed by atoms with Gasteiger partial charge in [0, 0.05) is 9.79 Å². The molecule has 0 saturated heterocycles. The van der Waals surface area contributed by atoms with E-state index in [-0.39, 0.29) is 0 Å². The van der Waals surface area contributed by atoms with E-state index in [4.69, 9.17) is 0 Å². The fourth-order valence-corrected chi connectivity index (χ4v) is 1.59. The number of thiol groups is 1. The first-order valence-electron chi connectivity index (χ1n) is 4.66. The molecule has 0 spiro atoms. The van der Waals surface area contributed by atoms with Crippen molar-refractivity contribution in [3.8, 4) is 0 Å². The molecule has 2 aromatic rings. The van der Waals surface area contributed by atoms with Crippen LogP contribution in [0.4, 0.5) is 0 Å². The Kier molecular flexibility index (Phi) is 6.05. The molecule has 0 radical (unpaired) electrons. The lowest BCUT2D eigenvalue weighted by atomic mass is 10.4. The summed E-state index contributed by atoms with van der Waals surface area (Å²) in [6.45, 7) is 0. The molecule has 15 heavy (non-hydrogen) atoms. The second-order valence-electron chi connectivity index (χ2n) is 2.85. The third kappa shape index (κ3) is 5.55. The van der Waals surface area contributed by atoms with Crippen molar-refractivity contribution in [2.24, 2.45) is 0 Å². The van der Waals surface area contributed by atoms with Crippen molar-refractivity contribution in [3.63, 3.8) is 0 Å². The summed E-state index contributed by atoms with van der Waals surface area (Å²) in [5.74, 6) is 0. The quantitative estimate of drug-likeness (QED) is 0.564. The van der Waals surface area contributed by atoms with Crippen LogP contribution in [0.5, 0.6) is 0 Å². The third-order valence-corrected chi connectivity index (χ3v) is 2.78. The average molecular weight is 234 g/mol. The van der Waals surface area contributed by atoms with Crippen LogP contribution < -0.4 is 0 Å². The molecule has 2 aromatic carbocycles. The number of rotatable bonds is 1. The van der Waals surface area contributed by atoms with Crippen molar-refractivity contribution < 1.29 is 0 Å². The van der Waals surface area contributed by atoms with Crippen LogP contribution in [0.3, 0.4) is 0 Å². The SMILES string of the molecule is CSc1ccccc1.Sc1ccccc1. The van der Waals surface area contributed by atoms with Crippen molar-refractivity contribution in [3.05, 3.63) is 60.7 Å². The molecule has 2 rings (SSSR count). The number of hydrogen-bond acceptors (Lipinski definition) is 2. The van der Waals surface area contributed by atoms with Crippen LogP contribution in [0.15, 0.2) is 70.5 Å². The first-order valence-corrected chi connectivity index (χ1v) is 6.33. The molecule has 0 unspecified atom stereocenters. The Balaban J connectivity index is 0.000000151. The molecule has 2 heteroatoms. The van der Waals surface area contributed by atoms with Crippen molar-refractivity contribution in [2.45, 2.75) is 9.79 Å². The molecule has 0 amide bonds. The Morgan fingerprint density at radius 3 is 1.53 bits per heavy atom. The van der Waals surface area contributed by atoms with E-state index in [2.05, 4.69) is 31.0 Å². The zero-order valence-electron chi connectivity index (χ0n) is 8.63. The van der Waals surface area contributed by atoms with Crippen LogP contribution in [0.1, 0.15) is 0 Å². The molecule has 0 saturated carbocycles. The van der Waals surface area contributed by atoms with E-state index in [0.29, 0.717) is 0 Å². The van der Waals surface area contributed by atoms with Crippen LogP contribution >= 0.6 is 24.4 Å². The van der Waals surface area contributed by atoms with Gasteiger partial charge in [-0.1, -0.05) is 36.4 Å². The highest BCUT2D eigenvalue weighted by atomic mass is 32.2. The Hall–Kier alpha value is -0.860. The molecule has 0 fully saturated rings. The predicted molar refractivity (Wildman–Crippen MR) is 71.9 cm³/mol. The number of benzene rings is 2. The number of hydrogen-bond donors (Lipinski definition) is 1. The maximum absolute atomic E-state index is 4.08. The summed E-state index contributed by atoms with van der Waals surface area (Å²) in [4.78, 5) is 2.34. The molecule has 0 atom stereocenters. The Morgan fingerprint density at radius 1 is 0.800 bits per heavy atom. The van der Waals surface area contributed by atoms with Crippen LogP contribution in [-0.2, 0) is 0 Å². The van der Waals surface area contributed by atoms with E-state index in [9.17, 15) is 0 Å². The lowest BCUT2D eigenvalue weighted by Crippen LogP contribution is -1.62. The maximum Gasteiger partial charge on any atom is 0.00691 e. The molecule has 0 aliphatic carbocycles. The zero-order chi connectivity index (χ0) is 10.9. The fourth-order valence-electron chi connectivity index (χ4n) is 0.985. The van der Waals surface area contributed by atoms with Gasteiger partial charge in [0.1, 0.15) is 0 Å². The first kappa shape index (κ1) is 12.2. The Labute approximate surface area is 101 Å². The standard InChI is InChI=1S/C7H8S.C6H6S/c1-8-7-5-3-2-4-6-7;7-6-4-2-1-3-5-6/h2-6H,1H3;1-5,7H. The molecule has 0 nitrogen and oxygen atoms in total. The molecule has 0 heterocycles. The van der Waals surface area contributed by atoms with Crippen molar-refractivity contribution in [1.29, 1.82) is 0 Å². The lowest BCUT2D eigenvalue weighted by molar-refractivity contribution is 1.47. The van der Waals surface area contributed by atoms with Crippen molar-refractivity contribution in [2.75, 3.05) is 6.26 Å². The van der Waals surface area contributed by atoms with Gasteiger partial charge in [-0.05, 0) is 30.5 Å². The van der Waals surface area contributed by atoms with E-state index in [0.717, 1.165) is 4.90 Å². The molecule has 0 aromatic heterocycles. The lowest BCUT2D eigenvalue weighted by Gasteiger charge is -1.89. The summed E-state index contributed by atoms with van der Waals surface area (Å²) in [6.07, 6.45) is 2.08. The third-order valence-electron chi connectivity index (χ3n) is 1.74. The first-order chi connectivity index (χ1) is 7.33. The van der Waals surface area contributed by atoms with Crippen LogP contribution in [0, 0.1) is 0 Å². The van der Waals surface area contributed by atoms with E-state index >= 15 is 0 Å². The van der Waals surface area contributed by atoms with Crippen LogP contribution in [0.2, 0.25) is 0 Å². The normalized spacial score (nSPS) is 8.93. The maximum atomic E-state index is 4.08. The molecule has 0 N–H and O–H groups in total. The summed E-state index contributed by atoms with van der Waals surface area (Å²) in [7, 11) is 0. The van der Waals surface area contributed by atoms with Crippen molar-refractivity contribution >= 4 is 24.4 Å². The highest BCUT2D eigenvalue weighted by Gasteiger charge is 1.80. The van der Waals surface area contributed by atoms with Crippen molar-refractivity contribution in [1.82, 2.24) is 0 Å². The molecular formula is C13H14S2. The minimum Gasteiger partial charge on any atom is -0.143 e. The predicted octanol–water partition coefficient (Wildman–Crippen LogP) is 4.38. The topological polar surface area (TPSA) is 0 Å². The summed E-state index contributed by atoms with van der Waals surface area (Å²) < 4.78 is 0. The highest BCUT2D eigenvalue weighted by Crippen LogP contribution is 2.11. The van der Waals surface area contributed by atoms with Gasteiger partial charge in [-0.25, -0.2) is 0 Å². The van der Waals surface area contributed by atoms with Gasteiger partial charge in [0.15, 0.2) is 0 Å². The molecule has 78 valence electrons. The van der Waals surface area contributed by atoms with Crippen LogP contribution in [0.25, 0.3) is 0 Å². The highest BCUT2D eigenvalue weighted by molar-refractivity contribution is 7.98. The van der Waals surface area contributed by atoms with E-state index < -0.39 is 0 Å².